The third-order valence-electron chi connectivity index (χ3n) is 2.73. The van der Waals surface area contributed by atoms with Gasteiger partial charge in [0.15, 0.2) is 0 Å². The summed E-state index contributed by atoms with van der Waals surface area (Å²) < 4.78 is 28.3. The van der Waals surface area contributed by atoms with Gasteiger partial charge in [-0.15, -0.1) is 0 Å². The van der Waals surface area contributed by atoms with Gasteiger partial charge < -0.3 is 5.32 Å². The summed E-state index contributed by atoms with van der Waals surface area (Å²) in [7, 11) is -3.41. The molecule has 0 aliphatic heterocycles. The molecule has 1 rings (SSSR count). The second-order valence-electron chi connectivity index (χ2n) is 4.16. The summed E-state index contributed by atoms with van der Waals surface area (Å²) in [4.78, 5) is 0. The molecule has 0 saturated heterocycles. The first kappa shape index (κ1) is 16.1. The van der Waals surface area contributed by atoms with Crippen LogP contribution in [0.1, 0.15) is 19.4 Å². The van der Waals surface area contributed by atoms with Gasteiger partial charge in [-0.3, -0.25) is 0 Å². The van der Waals surface area contributed by atoms with Crippen molar-refractivity contribution in [1.82, 2.24) is 14.3 Å². The number of nitrogens with one attached hydrogen (secondary N) is 2. The van der Waals surface area contributed by atoms with Gasteiger partial charge in [0, 0.05) is 26.2 Å². The molecule has 1 aromatic rings. The zero-order valence-electron chi connectivity index (χ0n) is 11.6. The Morgan fingerprint density at radius 2 is 1.79 bits per heavy atom. The van der Waals surface area contributed by atoms with Crippen LogP contribution in [0.15, 0.2) is 30.3 Å². The lowest BCUT2D eigenvalue weighted by Gasteiger charge is -2.21. The number of hydrogen-bond donors (Lipinski definition) is 2. The van der Waals surface area contributed by atoms with Gasteiger partial charge >= 0.3 is 0 Å². The molecule has 1 aromatic carbocycles. The molecule has 0 radical (unpaired) electrons. The van der Waals surface area contributed by atoms with Gasteiger partial charge in [0.25, 0.3) is 10.2 Å². The van der Waals surface area contributed by atoms with E-state index in [-0.39, 0.29) is 0 Å². The van der Waals surface area contributed by atoms with E-state index in [1.165, 1.54) is 4.31 Å². The van der Waals surface area contributed by atoms with E-state index in [9.17, 15) is 8.42 Å². The van der Waals surface area contributed by atoms with E-state index in [4.69, 9.17) is 0 Å². The summed E-state index contributed by atoms with van der Waals surface area (Å²) in [5, 5.41) is 3.08. The molecule has 0 heterocycles. The first-order chi connectivity index (χ1) is 9.10. The van der Waals surface area contributed by atoms with Crippen LogP contribution in [0, 0.1) is 0 Å². The average Bonchev–Trinajstić information content (AvgIpc) is 2.42. The lowest BCUT2D eigenvalue weighted by molar-refractivity contribution is 0.414. The fourth-order valence-electron chi connectivity index (χ4n) is 1.69. The van der Waals surface area contributed by atoms with Crippen molar-refractivity contribution >= 4 is 10.2 Å². The van der Waals surface area contributed by atoms with Crippen molar-refractivity contribution in [1.29, 1.82) is 0 Å². The molecule has 0 aromatic heterocycles. The summed E-state index contributed by atoms with van der Waals surface area (Å²) in [6, 6.07) is 9.60. The van der Waals surface area contributed by atoms with Crippen LogP contribution in [-0.4, -0.2) is 38.9 Å². The van der Waals surface area contributed by atoms with Crippen LogP contribution in [0.25, 0.3) is 0 Å². The molecule has 6 heteroatoms. The van der Waals surface area contributed by atoms with Gasteiger partial charge in [-0.1, -0.05) is 44.2 Å². The highest BCUT2D eigenvalue weighted by Crippen LogP contribution is 2.07. The van der Waals surface area contributed by atoms with Crippen LogP contribution in [0.5, 0.6) is 0 Å². The SMILES string of the molecule is CCNCCNS(=O)(=O)N(CC)Cc1ccccc1. The van der Waals surface area contributed by atoms with E-state index in [1.807, 2.05) is 44.2 Å². The van der Waals surface area contributed by atoms with Gasteiger partial charge in [0.1, 0.15) is 0 Å². The van der Waals surface area contributed by atoms with E-state index in [2.05, 4.69) is 10.0 Å². The van der Waals surface area contributed by atoms with E-state index >= 15 is 0 Å². The lowest BCUT2D eigenvalue weighted by atomic mass is 10.2. The summed E-state index contributed by atoms with van der Waals surface area (Å²) in [6.07, 6.45) is 0. The minimum Gasteiger partial charge on any atom is -0.316 e. The van der Waals surface area contributed by atoms with E-state index < -0.39 is 10.2 Å². The largest absolute Gasteiger partial charge is 0.316 e. The first-order valence-electron chi connectivity index (χ1n) is 6.59. The number of rotatable bonds is 9. The smallest absolute Gasteiger partial charge is 0.279 e. The van der Waals surface area contributed by atoms with Gasteiger partial charge in [0.2, 0.25) is 0 Å². The number of nitrogens with zero attached hydrogens (tertiary/aromatic N) is 1. The van der Waals surface area contributed by atoms with Gasteiger partial charge in [-0.2, -0.15) is 12.7 Å². The number of benzene rings is 1. The molecular weight excluding hydrogens is 262 g/mol. The molecule has 0 aliphatic carbocycles. The fourth-order valence-corrected chi connectivity index (χ4v) is 2.89. The Morgan fingerprint density at radius 1 is 1.11 bits per heavy atom. The Balaban J connectivity index is 2.57. The Labute approximate surface area is 116 Å². The second kappa shape index (κ2) is 8.27. The third kappa shape index (κ3) is 5.69. The third-order valence-corrected chi connectivity index (χ3v) is 4.37. The zero-order chi connectivity index (χ0) is 14.1. The summed E-state index contributed by atoms with van der Waals surface area (Å²) in [5.74, 6) is 0. The molecule has 0 saturated carbocycles. The van der Waals surface area contributed by atoms with Crippen molar-refractivity contribution in [2.75, 3.05) is 26.2 Å². The molecule has 19 heavy (non-hydrogen) atoms. The normalized spacial score (nSPS) is 11.9. The molecule has 0 spiro atoms. The first-order valence-corrected chi connectivity index (χ1v) is 8.03. The Kier molecular flexibility index (Phi) is 7.01. The lowest BCUT2D eigenvalue weighted by Crippen LogP contribution is -2.42. The van der Waals surface area contributed by atoms with Crippen molar-refractivity contribution in [2.24, 2.45) is 0 Å². The minimum absolute atomic E-state index is 0.397. The highest BCUT2D eigenvalue weighted by molar-refractivity contribution is 7.87. The van der Waals surface area contributed by atoms with E-state index in [1.54, 1.807) is 0 Å². The summed E-state index contributed by atoms with van der Waals surface area (Å²) in [6.45, 7) is 6.55. The average molecular weight is 285 g/mol. The van der Waals surface area contributed by atoms with Crippen LogP contribution < -0.4 is 10.0 Å². The molecule has 108 valence electrons. The molecular formula is C13H23N3O2S. The monoisotopic (exact) mass is 285 g/mol. The maximum Gasteiger partial charge on any atom is 0.279 e. The predicted octanol–water partition coefficient (Wildman–Crippen LogP) is 0.952. The van der Waals surface area contributed by atoms with Crippen LogP contribution in [0.4, 0.5) is 0 Å². The second-order valence-corrected chi connectivity index (χ2v) is 5.92. The number of likely N-dealkylation sites (N-methyl/N-ethyl adjacent to an activating group) is 1. The van der Waals surface area contributed by atoms with Gasteiger partial charge in [0.05, 0.1) is 0 Å². The predicted molar refractivity (Wildman–Crippen MR) is 78.0 cm³/mol. The maximum atomic E-state index is 12.1. The van der Waals surface area contributed by atoms with Crippen molar-refractivity contribution in [3.8, 4) is 0 Å². The zero-order valence-corrected chi connectivity index (χ0v) is 12.4. The summed E-state index contributed by atoms with van der Waals surface area (Å²) in [5.41, 5.74) is 0.987. The molecule has 0 bridgehead atoms. The van der Waals surface area contributed by atoms with Gasteiger partial charge in [-0.25, -0.2) is 4.72 Å². The topological polar surface area (TPSA) is 61.4 Å². The fraction of sp³-hybridized carbons (Fsp3) is 0.538. The molecule has 5 nitrogen and oxygen atoms in total. The van der Waals surface area contributed by atoms with Crippen LogP contribution in [0.3, 0.4) is 0 Å². The highest BCUT2D eigenvalue weighted by Gasteiger charge is 2.19. The van der Waals surface area contributed by atoms with Crippen LogP contribution >= 0.6 is 0 Å². The molecule has 0 amide bonds. The van der Waals surface area contributed by atoms with Crippen molar-refractivity contribution in [3.63, 3.8) is 0 Å². The number of hydrogen-bond acceptors (Lipinski definition) is 3. The molecule has 0 fully saturated rings. The van der Waals surface area contributed by atoms with Crippen LogP contribution in [-0.2, 0) is 16.8 Å². The minimum atomic E-state index is -3.41. The van der Waals surface area contributed by atoms with Crippen molar-refractivity contribution < 1.29 is 8.42 Å². The van der Waals surface area contributed by atoms with E-state index in [0.717, 1.165) is 12.1 Å². The van der Waals surface area contributed by atoms with Crippen molar-refractivity contribution in [2.45, 2.75) is 20.4 Å². The maximum absolute atomic E-state index is 12.1. The molecule has 0 atom stereocenters. The quantitative estimate of drug-likeness (QED) is 0.664. The van der Waals surface area contributed by atoms with E-state index in [0.29, 0.717) is 26.2 Å². The summed E-state index contributed by atoms with van der Waals surface area (Å²) >= 11 is 0. The molecule has 0 aliphatic rings. The Morgan fingerprint density at radius 3 is 2.37 bits per heavy atom. The standard InChI is InChI=1S/C13H23N3O2S/c1-3-14-10-11-15-19(17,18)16(4-2)12-13-8-6-5-7-9-13/h5-9,14-15H,3-4,10-12H2,1-2H3. The van der Waals surface area contributed by atoms with Crippen LogP contribution in [0.2, 0.25) is 0 Å². The van der Waals surface area contributed by atoms with Crippen molar-refractivity contribution in [3.05, 3.63) is 35.9 Å². The Hall–Kier alpha value is -0.950. The van der Waals surface area contributed by atoms with Gasteiger partial charge in [-0.05, 0) is 12.1 Å². The molecule has 0 unspecified atom stereocenters. The highest BCUT2D eigenvalue weighted by atomic mass is 32.2. The molecule has 2 N–H and O–H groups in total. The Bertz CT molecular complexity index is 448.